The van der Waals surface area contributed by atoms with Crippen LogP contribution in [0.2, 0.25) is 0 Å². The van der Waals surface area contributed by atoms with E-state index < -0.39 is 29.3 Å². The van der Waals surface area contributed by atoms with Gasteiger partial charge in [-0.2, -0.15) is 0 Å². The molecule has 35 heavy (non-hydrogen) atoms. The van der Waals surface area contributed by atoms with Crippen molar-refractivity contribution in [1.82, 2.24) is 14.9 Å². The average Bonchev–Trinajstić information content (AvgIpc) is 3.35. The number of halogens is 3. The SMILES string of the molecule is O=C(NCc1ccc(-c2ccoc2)cc1OC(F)(F)F)c1cc(=O)n(Cc2ccccc2)c(=O)[nH]1. The van der Waals surface area contributed by atoms with Crippen molar-refractivity contribution in [2.24, 2.45) is 0 Å². The molecule has 0 radical (unpaired) electrons. The zero-order chi connectivity index (χ0) is 25.0. The molecule has 2 aromatic heterocycles. The van der Waals surface area contributed by atoms with E-state index in [0.29, 0.717) is 16.7 Å². The molecule has 0 bridgehead atoms. The molecule has 2 heterocycles. The number of hydrogen-bond donors (Lipinski definition) is 2. The fourth-order valence-corrected chi connectivity index (χ4v) is 3.36. The van der Waals surface area contributed by atoms with Gasteiger partial charge in [0, 0.05) is 23.7 Å². The van der Waals surface area contributed by atoms with Crippen LogP contribution in [0.5, 0.6) is 5.75 Å². The Morgan fingerprint density at radius 3 is 2.46 bits per heavy atom. The van der Waals surface area contributed by atoms with Crippen molar-refractivity contribution in [2.45, 2.75) is 19.5 Å². The van der Waals surface area contributed by atoms with Gasteiger partial charge in [-0.3, -0.25) is 14.2 Å². The molecule has 1 amide bonds. The molecule has 180 valence electrons. The number of benzene rings is 2. The van der Waals surface area contributed by atoms with Crippen molar-refractivity contribution >= 4 is 5.91 Å². The first-order valence-corrected chi connectivity index (χ1v) is 10.3. The summed E-state index contributed by atoms with van der Waals surface area (Å²) >= 11 is 0. The number of furan rings is 1. The number of carbonyl (C=O) groups excluding carboxylic acids is 1. The van der Waals surface area contributed by atoms with Crippen LogP contribution in [0.4, 0.5) is 13.2 Å². The third kappa shape index (κ3) is 5.88. The van der Waals surface area contributed by atoms with Gasteiger partial charge in [-0.15, -0.1) is 13.2 Å². The highest BCUT2D eigenvalue weighted by atomic mass is 19.4. The van der Waals surface area contributed by atoms with Crippen LogP contribution in [0.15, 0.2) is 87.2 Å². The minimum atomic E-state index is -4.96. The molecule has 0 unspecified atom stereocenters. The Labute approximate surface area is 195 Å². The summed E-state index contributed by atoms with van der Waals surface area (Å²) in [6.45, 7) is -0.344. The molecule has 11 heteroatoms. The quantitative estimate of drug-likeness (QED) is 0.416. The summed E-state index contributed by atoms with van der Waals surface area (Å²) in [4.78, 5) is 39.7. The molecule has 0 saturated heterocycles. The van der Waals surface area contributed by atoms with Gasteiger partial charge in [-0.1, -0.05) is 42.5 Å². The summed E-state index contributed by atoms with van der Waals surface area (Å²) in [5.41, 5.74) is -0.111. The Bertz CT molecular complexity index is 1410. The lowest BCUT2D eigenvalue weighted by Crippen LogP contribution is -2.38. The van der Waals surface area contributed by atoms with Crippen molar-refractivity contribution < 1.29 is 27.1 Å². The van der Waals surface area contributed by atoms with Gasteiger partial charge in [0.15, 0.2) is 0 Å². The molecule has 2 aromatic carbocycles. The number of alkyl halides is 3. The number of ether oxygens (including phenoxy) is 1. The normalized spacial score (nSPS) is 11.3. The maximum Gasteiger partial charge on any atom is 0.573 e. The van der Waals surface area contributed by atoms with Crippen LogP contribution in [0.3, 0.4) is 0 Å². The van der Waals surface area contributed by atoms with Crippen LogP contribution >= 0.6 is 0 Å². The Morgan fingerprint density at radius 1 is 1.03 bits per heavy atom. The molecule has 0 saturated carbocycles. The lowest BCUT2D eigenvalue weighted by Gasteiger charge is -2.15. The molecule has 4 aromatic rings. The maximum absolute atomic E-state index is 12.9. The first-order valence-electron chi connectivity index (χ1n) is 10.3. The Balaban J connectivity index is 1.53. The van der Waals surface area contributed by atoms with Crippen molar-refractivity contribution in [1.29, 1.82) is 0 Å². The van der Waals surface area contributed by atoms with Crippen LogP contribution in [0.25, 0.3) is 11.1 Å². The summed E-state index contributed by atoms with van der Waals surface area (Å²) in [7, 11) is 0. The second kappa shape index (κ2) is 9.75. The van der Waals surface area contributed by atoms with E-state index in [1.54, 1.807) is 42.5 Å². The number of rotatable bonds is 7. The number of aromatic nitrogens is 2. The lowest BCUT2D eigenvalue weighted by atomic mass is 10.1. The molecule has 8 nitrogen and oxygen atoms in total. The maximum atomic E-state index is 12.9. The highest BCUT2D eigenvalue weighted by molar-refractivity contribution is 5.92. The van der Waals surface area contributed by atoms with Crippen molar-refractivity contribution in [3.8, 4) is 16.9 Å². The second-order valence-electron chi connectivity index (χ2n) is 7.46. The molecule has 0 aliphatic carbocycles. The van der Waals surface area contributed by atoms with Gasteiger partial charge in [-0.25, -0.2) is 4.79 Å². The minimum Gasteiger partial charge on any atom is -0.472 e. The Kier molecular flexibility index (Phi) is 6.58. The number of H-pyrrole nitrogens is 1. The fraction of sp³-hybridized carbons (Fsp3) is 0.125. The highest BCUT2D eigenvalue weighted by Crippen LogP contribution is 2.31. The number of carbonyl (C=O) groups is 1. The van der Waals surface area contributed by atoms with Gasteiger partial charge >= 0.3 is 12.1 Å². The summed E-state index contributed by atoms with van der Waals surface area (Å²) < 4.78 is 48.8. The van der Waals surface area contributed by atoms with Gasteiger partial charge in [0.25, 0.3) is 11.5 Å². The van der Waals surface area contributed by atoms with E-state index in [2.05, 4.69) is 15.0 Å². The average molecular weight is 485 g/mol. The smallest absolute Gasteiger partial charge is 0.472 e. The van der Waals surface area contributed by atoms with Crippen molar-refractivity contribution in [3.05, 3.63) is 111 Å². The van der Waals surface area contributed by atoms with E-state index in [9.17, 15) is 27.6 Å². The highest BCUT2D eigenvalue weighted by Gasteiger charge is 2.32. The van der Waals surface area contributed by atoms with Gasteiger partial charge in [0.1, 0.15) is 11.4 Å². The molecule has 2 N–H and O–H groups in total. The molecule has 0 aliphatic heterocycles. The zero-order valence-electron chi connectivity index (χ0n) is 18.0. The predicted octanol–water partition coefficient (Wildman–Crippen LogP) is 3.67. The third-order valence-electron chi connectivity index (χ3n) is 5.04. The molecule has 0 aliphatic rings. The summed E-state index contributed by atoms with van der Waals surface area (Å²) in [6.07, 6.45) is -2.21. The Hall–Kier alpha value is -4.54. The van der Waals surface area contributed by atoms with Gasteiger partial charge < -0.3 is 19.5 Å². The summed E-state index contributed by atoms with van der Waals surface area (Å²) in [5, 5.41) is 2.40. The van der Waals surface area contributed by atoms with Crippen LogP contribution < -0.4 is 21.3 Å². The first-order chi connectivity index (χ1) is 16.7. The van der Waals surface area contributed by atoms with E-state index in [0.717, 1.165) is 10.6 Å². The van der Waals surface area contributed by atoms with Gasteiger partial charge in [0.2, 0.25) is 0 Å². The largest absolute Gasteiger partial charge is 0.573 e. The van der Waals surface area contributed by atoms with Crippen molar-refractivity contribution in [2.75, 3.05) is 0 Å². The van der Waals surface area contributed by atoms with Gasteiger partial charge in [-0.05, 0) is 23.3 Å². The molecule has 0 atom stereocenters. The third-order valence-corrected chi connectivity index (χ3v) is 5.04. The Morgan fingerprint density at radius 2 is 1.80 bits per heavy atom. The molecule has 4 rings (SSSR count). The summed E-state index contributed by atoms with van der Waals surface area (Å²) in [6, 6.07) is 15.4. The lowest BCUT2D eigenvalue weighted by molar-refractivity contribution is -0.274. The fourth-order valence-electron chi connectivity index (χ4n) is 3.36. The first kappa shape index (κ1) is 23.6. The number of aromatic amines is 1. The van der Waals surface area contributed by atoms with Crippen LogP contribution in [-0.4, -0.2) is 21.8 Å². The van der Waals surface area contributed by atoms with Gasteiger partial charge in [0.05, 0.1) is 19.1 Å². The number of nitrogens with one attached hydrogen (secondary N) is 2. The monoisotopic (exact) mass is 485 g/mol. The predicted molar refractivity (Wildman–Crippen MR) is 119 cm³/mol. The standard InChI is InChI=1S/C24H18F3N3O5/c25-24(26,27)35-20-10-16(18-8-9-34-14-18)6-7-17(20)12-28-22(32)19-11-21(31)30(23(33)29-19)13-15-4-2-1-3-5-15/h1-11,14H,12-13H2,(H,28,32)(H,29,33). The number of hydrogen-bond acceptors (Lipinski definition) is 5. The molecular formula is C24H18F3N3O5. The molecule has 0 spiro atoms. The number of amides is 1. The topological polar surface area (TPSA) is 106 Å². The van der Waals surface area contributed by atoms with E-state index in [4.69, 9.17) is 4.42 Å². The van der Waals surface area contributed by atoms with Crippen LogP contribution in [0.1, 0.15) is 21.6 Å². The zero-order valence-corrected chi connectivity index (χ0v) is 18.0. The van der Waals surface area contributed by atoms with E-state index in [-0.39, 0.29) is 24.3 Å². The minimum absolute atomic E-state index is 0.0120. The second-order valence-corrected chi connectivity index (χ2v) is 7.46. The molecule has 0 fully saturated rings. The van der Waals surface area contributed by atoms with Crippen LogP contribution in [0, 0.1) is 0 Å². The number of nitrogens with zero attached hydrogens (tertiary/aromatic N) is 1. The van der Waals surface area contributed by atoms with E-state index in [1.165, 1.54) is 24.7 Å². The van der Waals surface area contributed by atoms with Crippen LogP contribution in [-0.2, 0) is 13.1 Å². The molecular weight excluding hydrogens is 467 g/mol. The van der Waals surface area contributed by atoms with E-state index >= 15 is 0 Å². The van der Waals surface area contributed by atoms with E-state index in [1.807, 2.05) is 0 Å². The van der Waals surface area contributed by atoms with Crippen molar-refractivity contribution in [3.63, 3.8) is 0 Å². The summed E-state index contributed by atoms with van der Waals surface area (Å²) in [5.74, 6) is -1.36.